The summed E-state index contributed by atoms with van der Waals surface area (Å²) in [5.41, 5.74) is 2.26. The Kier molecular flexibility index (Phi) is 13.8. The van der Waals surface area contributed by atoms with Crippen molar-refractivity contribution in [3.8, 4) is 23.0 Å². The Morgan fingerprint density at radius 3 is 1.73 bits per heavy atom. The minimum atomic E-state index is -0.289. The second-order valence-electron chi connectivity index (χ2n) is 10.1. The first kappa shape index (κ1) is 34.0. The Labute approximate surface area is 263 Å². The van der Waals surface area contributed by atoms with Gasteiger partial charge in [0.15, 0.2) is 11.5 Å². The number of amides is 3. The van der Waals surface area contributed by atoms with Gasteiger partial charge in [-0.3, -0.25) is 14.4 Å². The highest BCUT2D eigenvalue weighted by atomic mass is 16.5. The number of nitrogens with zero attached hydrogens (tertiary/aromatic N) is 1. The lowest BCUT2D eigenvalue weighted by molar-refractivity contribution is -0.126. The molecule has 0 radical (unpaired) electrons. The number of methoxy groups -OCH3 is 1. The zero-order chi connectivity index (χ0) is 32.4. The molecule has 0 spiro atoms. The van der Waals surface area contributed by atoms with E-state index in [2.05, 4.69) is 10.6 Å². The van der Waals surface area contributed by atoms with Gasteiger partial charge in [0.25, 0.3) is 0 Å². The number of phenols is 3. The maximum Gasteiger partial charge on any atom is 0.246 e. The normalized spacial score (nSPS) is 11.2. The number of unbranched alkanes of at least 4 members (excludes halogenated alkanes) is 1. The number of nitrogens with one attached hydrogen (secondary N) is 2. The highest BCUT2D eigenvalue weighted by Crippen LogP contribution is 2.26. The van der Waals surface area contributed by atoms with E-state index in [4.69, 9.17) is 4.74 Å². The topological polar surface area (TPSA) is 148 Å². The summed E-state index contributed by atoms with van der Waals surface area (Å²) in [6.07, 6.45) is 11.1. The van der Waals surface area contributed by atoms with E-state index >= 15 is 0 Å². The fourth-order valence-electron chi connectivity index (χ4n) is 4.16. The molecule has 3 rings (SSSR count). The summed E-state index contributed by atoms with van der Waals surface area (Å²) in [4.78, 5) is 39.2. The third kappa shape index (κ3) is 12.7. The molecule has 0 heterocycles. The number of carbonyl (C=O) groups excluding carboxylic acids is 3. The van der Waals surface area contributed by atoms with E-state index in [9.17, 15) is 29.7 Å². The van der Waals surface area contributed by atoms with Crippen molar-refractivity contribution >= 4 is 35.9 Å². The lowest BCUT2D eigenvalue weighted by Crippen LogP contribution is -2.34. The third-order valence-electron chi connectivity index (χ3n) is 6.63. The number of benzene rings is 3. The number of ether oxygens (including phenoxy) is 1. The van der Waals surface area contributed by atoms with Gasteiger partial charge in [0.2, 0.25) is 17.7 Å². The molecule has 0 unspecified atom stereocenters. The van der Waals surface area contributed by atoms with E-state index in [1.807, 2.05) is 0 Å². The lowest BCUT2D eigenvalue weighted by atomic mass is 10.2. The van der Waals surface area contributed by atoms with Gasteiger partial charge < -0.3 is 35.6 Å². The monoisotopic (exact) mass is 613 g/mol. The van der Waals surface area contributed by atoms with Crippen LogP contribution >= 0.6 is 0 Å². The molecule has 0 atom stereocenters. The molecule has 10 heteroatoms. The molecule has 0 bridgehead atoms. The summed E-state index contributed by atoms with van der Waals surface area (Å²) >= 11 is 0. The van der Waals surface area contributed by atoms with Crippen LogP contribution < -0.4 is 15.4 Å². The van der Waals surface area contributed by atoms with Crippen LogP contribution in [-0.2, 0) is 14.4 Å². The maximum atomic E-state index is 13.0. The Balaban J connectivity index is 1.46. The molecule has 3 amide bonds. The smallest absolute Gasteiger partial charge is 0.246 e. The number of aromatic hydroxyl groups is 3. The van der Waals surface area contributed by atoms with Gasteiger partial charge in [-0.05, 0) is 90.6 Å². The SMILES string of the molecule is COc1cc(/C=C/C(=O)NCCCN(CCCCNC(=O)/C=C/c2ccc(O)cc2)C(=O)/C=C/c2ccc(O)cc2)ccc1O. The summed E-state index contributed by atoms with van der Waals surface area (Å²) in [7, 11) is 1.45. The van der Waals surface area contributed by atoms with Crippen LogP contribution in [0.2, 0.25) is 0 Å². The average molecular weight is 614 g/mol. The number of hydrogen-bond donors (Lipinski definition) is 5. The van der Waals surface area contributed by atoms with E-state index in [0.29, 0.717) is 56.8 Å². The fourth-order valence-corrected chi connectivity index (χ4v) is 4.16. The van der Waals surface area contributed by atoms with Crippen LogP contribution in [0.5, 0.6) is 23.0 Å². The Bertz CT molecular complexity index is 1500. The van der Waals surface area contributed by atoms with Crippen molar-refractivity contribution in [2.24, 2.45) is 0 Å². The Hall–Kier alpha value is -5.51. The minimum absolute atomic E-state index is 0.0139. The van der Waals surface area contributed by atoms with Crippen molar-refractivity contribution in [2.75, 3.05) is 33.3 Å². The van der Waals surface area contributed by atoms with Gasteiger partial charge in [0.1, 0.15) is 11.5 Å². The Morgan fingerprint density at radius 2 is 1.16 bits per heavy atom. The summed E-state index contributed by atoms with van der Waals surface area (Å²) in [6.45, 7) is 1.69. The summed E-state index contributed by atoms with van der Waals surface area (Å²) < 4.78 is 5.08. The summed E-state index contributed by atoms with van der Waals surface area (Å²) in [5.74, 6) is -0.0826. The number of phenolic OH excluding ortho intramolecular Hbond substituents is 3. The van der Waals surface area contributed by atoms with Gasteiger partial charge >= 0.3 is 0 Å². The molecule has 5 N–H and O–H groups in total. The highest BCUT2D eigenvalue weighted by molar-refractivity contribution is 5.93. The number of rotatable bonds is 16. The van der Waals surface area contributed by atoms with Gasteiger partial charge in [-0.25, -0.2) is 0 Å². The van der Waals surface area contributed by atoms with Crippen molar-refractivity contribution in [3.05, 3.63) is 102 Å². The molecule has 0 saturated heterocycles. The van der Waals surface area contributed by atoms with Crippen molar-refractivity contribution in [2.45, 2.75) is 19.3 Å². The van der Waals surface area contributed by atoms with Crippen LogP contribution in [0.1, 0.15) is 36.0 Å². The van der Waals surface area contributed by atoms with Crippen molar-refractivity contribution in [3.63, 3.8) is 0 Å². The second-order valence-corrected chi connectivity index (χ2v) is 10.1. The first-order valence-corrected chi connectivity index (χ1v) is 14.6. The zero-order valence-electron chi connectivity index (χ0n) is 25.2. The van der Waals surface area contributed by atoms with Crippen molar-refractivity contribution in [1.82, 2.24) is 15.5 Å². The molecule has 236 valence electrons. The predicted octanol–water partition coefficient (Wildman–Crippen LogP) is 4.48. The van der Waals surface area contributed by atoms with Crippen LogP contribution in [0.4, 0.5) is 0 Å². The van der Waals surface area contributed by atoms with Crippen LogP contribution in [0.3, 0.4) is 0 Å². The van der Waals surface area contributed by atoms with Gasteiger partial charge in [-0.2, -0.15) is 0 Å². The van der Waals surface area contributed by atoms with Crippen LogP contribution in [0.15, 0.2) is 85.0 Å². The number of carbonyl (C=O) groups is 3. The molecule has 45 heavy (non-hydrogen) atoms. The quantitative estimate of drug-likeness (QED) is 0.118. The minimum Gasteiger partial charge on any atom is -0.508 e. The predicted molar refractivity (Wildman–Crippen MR) is 174 cm³/mol. The van der Waals surface area contributed by atoms with Crippen LogP contribution in [0.25, 0.3) is 18.2 Å². The van der Waals surface area contributed by atoms with Gasteiger partial charge in [-0.15, -0.1) is 0 Å². The molecule has 0 saturated carbocycles. The van der Waals surface area contributed by atoms with E-state index in [1.165, 1.54) is 31.4 Å². The van der Waals surface area contributed by atoms with Gasteiger partial charge in [0, 0.05) is 44.4 Å². The average Bonchev–Trinajstić information content (AvgIpc) is 3.04. The largest absolute Gasteiger partial charge is 0.508 e. The zero-order valence-corrected chi connectivity index (χ0v) is 25.2. The second kappa shape index (κ2) is 18.2. The van der Waals surface area contributed by atoms with E-state index in [0.717, 1.165) is 11.1 Å². The van der Waals surface area contributed by atoms with Crippen molar-refractivity contribution in [1.29, 1.82) is 0 Å². The molecular weight excluding hydrogens is 574 g/mol. The molecule has 0 aliphatic rings. The van der Waals surface area contributed by atoms with Crippen LogP contribution in [-0.4, -0.2) is 71.2 Å². The van der Waals surface area contributed by atoms with Gasteiger partial charge in [0.05, 0.1) is 7.11 Å². The van der Waals surface area contributed by atoms with E-state index in [1.54, 1.807) is 83.8 Å². The van der Waals surface area contributed by atoms with E-state index in [-0.39, 0.29) is 35.0 Å². The molecular formula is C35H39N3O7. The van der Waals surface area contributed by atoms with Crippen LogP contribution in [0, 0.1) is 0 Å². The maximum absolute atomic E-state index is 13.0. The Morgan fingerprint density at radius 1 is 0.667 bits per heavy atom. The molecule has 3 aromatic rings. The molecule has 3 aromatic carbocycles. The first-order chi connectivity index (χ1) is 21.7. The molecule has 0 fully saturated rings. The summed E-state index contributed by atoms with van der Waals surface area (Å²) in [6, 6.07) is 17.8. The summed E-state index contributed by atoms with van der Waals surface area (Å²) in [5, 5.41) is 34.2. The molecule has 0 aliphatic heterocycles. The van der Waals surface area contributed by atoms with E-state index < -0.39 is 0 Å². The number of hydrogen-bond acceptors (Lipinski definition) is 7. The standard InChI is InChI=1S/C35H39N3O7/c1-45-32-25-28(9-17-31(32)41)11-19-34(43)37-22-4-24-38(35(44)20-12-27-7-15-30(40)16-8-27)23-3-2-21-36-33(42)18-10-26-5-13-29(39)14-6-26/h5-20,25,39-41H,2-4,21-24H2,1H3,(H,36,42)(H,37,43)/b18-10+,19-11+,20-12+. The third-order valence-corrected chi connectivity index (χ3v) is 6.63. The fraction of sp³-hybridized carbons (Fsp3) is 0.229. The molecule has 0 aliphatic carbocycles. The lowest BCUT2D eigenvalue weighted by Gasteiger charge is -2.21. The first-order valence-electron chi connectivity index (χ1n) is 14.6. The molecule has 0 aromatic heterocycles. The molecule has 10 nitrogen and oxygen atoms in total. The van der Waals surface area contributed by atoms with Gasteiger partial charge in [-0.1, -0.05) is 30.3 Å². The highest BCUT2D eigenvalue weighted by Gasteiger charge is 2.11. The van der Waals surface area contributed by atoms with Crippen molar-refractivity contribution < 1.29 is 34.4 Å².